The van der Waals surface area contributed by atoms with E-state index in [1.807, 2.05) is 13.8 Å². The Hall–Kier alpha value is -0.450. The number of piperidine rings is 1. The third kappa shape index (κ3) is 4.60. The Labute approximate surface area is 97.6 Å². The van der Waals surface area contributed by atoms with E-state index in [9.17, 15) is 9.90 Å². The van der Waals surface area contributed by atoms with Crippen LogP contribution in [0.4, 0.5) is 0 Å². The van der Waals surface area contributed by atoms with Crippen LogP contribution in [0.25, 0.3) is 0 Å². The molecule has 0 bridgehead atoms. The summed E-state index contributed by atoms with van der Waals surface area (Å²) in [6.45, 7) is 5.68. The SMILES string of the molecule is CC(C)OCC(O)CN1CCCCC1C=O. The Bertz CT molecular complexity index is 208. The number of hydrogen-bond acceptors (Lipinski definition) is 4. The van der Waals surface area contributed by atoms with Gasteiger partial charge in [0, 0.05) is 6.54 Å². The lowest BCUT2D eigenvalue weighted by molar-refractivity contribution is -0.114. The minimum absolute atomic E-state index is 0.0116. The monoisotopic (exact) mass is 229 g/mol. The van der Waals surface area contributed by atoms with Crippen molar-refractivity contribution in [3.63, 3.8) is 0 Å². The number of aliphatic hydroxyl groups excluding tert-OH is 1. The zero-order chi connectivity index (χ0) is 12.0. The summed E-state index contributed by atoms with van der Waals surface area (Å²) in [5, 5.41) is 9.78. The van der Waals surface area contributed by atoms with Crippen LogP contribution < -0.4 is 0 Å². The quantitative estimate of drug-likeness (QED) is 0.685. The molecular formula is C12H23NO3. The molecule has 0 aromatic heterocycles. The van der Waals surface area contributed by atoms with Crippen LogP contribution in [0.1, 0.15) is 33.1 Å². The van der Waals surface area contributed by atoms with Gasteiger partial charge in [0.15, 0.2) is 0 Å². The number of rotatable bonds is 6. The van der Waals surface area contributed by atoms with Crippen molar-refractivity contribution in [3.05, 3.63) is 0 Å². The van der Waals surface area contributed by atoms with Crippen molar-refractivity contribution in [2.45, 2.75) is 51.4 Å². The van der Waals surface area contributed by atoms with E-state index < -0.39 is 6.10 Å². The molecule has 1 rings (SSSR count). The molecule has 94 valence electrons. The fourth-order valence-corrected chi connectivity index (χ4v) is 2.02. The highest BCUT2D eigenvalue weighted by atomic mass is 16.5. The van der Waals surface area contributed by atoms with Crippen LogP contribution in [-0.4, -0.2) is 54.2 Å². The summed E-state index contributed by atoms with van der Waals surface area (Å²) in [5.41, 5.74) is 0. The molecule has 1 saturated heterocycles. The molecule has 0 aromatic rings. The maximum absolute atomic E-state index is 10.9. The molecular weight excluding hydrogens is 206 g/mol. The topological polar surface area (TPSA) is 49.8 Å². The number of likely N-dealkylation sites (tertiary alicyclic amines) is 1. The van der Waals surface area contributed by atoms with Gasteiger partial charge in [-0.2, -0.15) is 0 Å². The largest absolute Gasteiger partial charge is 0.389 e. The molecule has 1 aliphatic rings. The minimum Gasteiger partial charge on any atom is -0.389 e. The molecule has 0 amide bonds. The highest BCUT2D eigenvalue weighted by Crippen LogP contribution is 2.15. The van der Waals surface area contributed by atoms with Gasteiger partial charge in [0.1, 0.15) is 6.29 Å². The van der Waals surface area contributed by atoms with E-state index >= 15 is 0 Å². The molecule has 4 heteroatoms. The lowest BCUT2D eigenvalue weighted by Gasteiger charge is -2.33. The van der Waals surface area contributed by atoms with Gasteiger partial charge in [-0.05, 0) is 33.2 Å². The van der Waals surface area contributed by atoms with Crippen LogP contribution >= 0.6 is 0 Å². The number of aldehydes is 1. The van der Waals surface area contributed by atoms with Crippen LogP contribution in [0, 0.1) is 0 Å². The Kier molecular flexibility index (Phi) is 5.95. The molecule has 0 aliphatic carbocycles. The molecule has 1 fully saturated rings. The Morgan fingerprint density at radius 3 is 2.88 bits per heavy atom. The van der Waals surface area contributed by atoms with Gasteiger partial charge in [-0.1, -0.05) is 6.42 Å². The van der Waals surface area contributed by atoms with Crippen LogP contribution in [-0.2, 0) is 9.53 Å². The summed E-state index contributed by atoms with van der Waals surface area (Å²) in [5.74, 6) is 0. The third-order valence-corrected chi connectivity index (χ3v) is 2.89. The summed E-state index contributed by atoms with van der Waals surface area (Å²) in [6, 6.07) is -0.0116. The first-order chi connectivity index (χ1) is 7.63. The molecule has 0 radical (unpaired) electrons. The third-order valence-electron chi connectivity index (χ3n) is 2.89. The van der Waals surface area contributed by atoms with Gasteiger partial charge in [-0.25, -0.2) is 0 Å². The number of carbonyl (C=O) groups excluding carboxylic acids is 1. The Morgan fingerprint density at radius 1 is 1.50 bits per heavy atom. The highest BCUT2D eigenvalue weighted by molar-refractivity contribution is 5.57. The normalized spacial score (nSPS) is 24.6. The van der Waals surface area contributed by atoms with E-state index in [0.717, 1.165) is 32.1 Å². The maximum atomic E-state index is 10.9. The molecule has 1 aliphatic heterocycles. The van der Waals surface area contributed by atoms with Crippen molar-refractivity contribution in [2.24, 2.45) is 0 Å². The fourth-order valence-electron chi connectivity index (χ4n) is 2.02. The zero-order valence-electron chi connectivity index (χ0n) is 10.3. The van der Waals surface area contributed by atoms with Gasteiger partial charge in [0.2, 0.25) is 0 Å². The van der Waals surface area contributed by atoms with E-state index in [4.69, 9.17) is 4.74 Å². The van der Waals surface area contributed by atoms with Crippen LogP contribution in [0.2, 0.25) is 0 Å². The van der Waals surface area contributed by atoms with Crippen molar-refractivity contribution in [1.82, 2.24) is 4.90 Å². The van der Waals surface area contributed by atoms with Gasteiger partial charge in [-0.3, -0.25) is 4.90 Å². The number of nitrogens with zero attached hydrogens (tertiary/aromatic N) is 1. The molecule has 1 N–H and O–H groups in total. The van der Waals surface area contributed by atoms with Crippen molar-refractivity contribution in [3.8, 4) is 0 Å². The molecule has 0 spiro atoms. The van der Waals surface area contributed by atoms with Crippen molar-refractivity contribution in [1.29, 1.82) is 0 Å². The predicted molar refractivity (Wildman–Crippen MR) is 62.4 cm³/mol. The summed E-state index contributed by atoms with van der Waals surface area (Å²) >= 11 is 0. The number of carbonyl (C=O) groups is 1. The molecule has 4 nitrogen and oxygen atoms in total. The first-order valence-corrected chi connectivity index (χ1v) is 6.12. The van der Waals surface area contributed by atoms with Crippen molar-refractivity contribution < 1.29 is 14.6 Å². The average Bonchev–Trinajstić information content (AvgIpc) is 2.27. The number of ether oxygens (including phenoxy) is 1. The van der Waals surface area contributed by atoms with Crippen molar-refractivity contribution in [2.75, 3.05) is 19.7 Å². The Morgan fingerprint density at radius 2 is 2.25 bits per heavy atom. The Balaban J connectivity index is 2.30. The summed E-state index contributed by atoms with van der Waals surface area (Å²) in [4.78, 5) is 12.9. The fraction of sp³-hybridized carbons (Fsp3) is 0.917. The van der Waals surface area contributed by atoms with E-state index in [2.05, 4.69) is 4.90 Å². The van der Waals surface area contributed by atoms with Gasteiger partial charge >= 0.3 is 0 Å². The molecule has 0 saturated carbocycles. The van der Waals surface area contributed by atoms with E-state index in [1.165, 1.54) is 0 Å². The number of aliphatic hydroxyl groups is 1. The first kappa shape index (κ1) is 13.6. The highest BCUT2D eigenvalue weighted by Gasteiger charge is 2.23. The average molecular weight is 229 g/mol. The second-order valence-corrected chi connectivity index (χ2v) is 4.73. The lowest BCUT2D eigenvalue weighted by atomic mass is 10.0. The number of β-amino-alcohol motifs (C(OH)–C–C–N with tert-alkyl or cyclic N) is 1. The standard InChI is InChI=1S/C12H23NO3/c1-10(2)16-9-12(15)7-13-6-4-3-5-11(13)8-14/h8,10-12,15H,3-7,9H2,1-2H3. The van der Waals surface area contributed by atoms with Crippen LogP contribution in [0.15, 0.2) is 0 Å². The first-order valence-electron chi connectivity index (χ1n) is 6.12. The number of hydrogen-bond donors (Lipinski definition) is 1. The van der Waals surface area contributed by atoms with Gasteiger partial charge in [0.25, 0.3) is 0 Å². The summed E-state index contributed by atoms with van der Waals surface area (Å²) < 4.78 is 5.35. The maximum Gasteiger partial charge on any atom is 0.137 e. The molecule has 0 aromatic carbocycles. The van der Waals surface area contributed by atoms with Gasteiger partial charge in [-0.15, -0.1) is 0 Å². The lowest BCUT2D eigenvalue weighted by Crippen LogP contribution is -2.45. The second-order valence-electron chi connectivity index (χ2n) is 4.73. The molecule has 16 heavy (non-hydrogen) atoms. The van der Waals surface area contributed by atoms with E-state index in [0.29, 0.717) is 13.2 Å². The van der Waals surface area contributed by atoms with Gasteiger partial charge in [0.05, 0.1) is 24.9 Å². The smallest absolute Gasteiger partial charge is 0.137 e. The minimum atomic E-state index is -0.497. The molecule has 1 heterocycles. The zero-order valence-corrected chi connectivity index (χ0v) is 10.3. The van der Waals surface area contributed by atoms with Crippen molar-refractivity contribution >= 4 is 6.29 Å². The molecule has 2 atom stereocenters. The summed E-state index contributed by atoms with van der Waals surface area (Å²) in [7, 11) is 0. The van der Waals surface area contributed by atoms with E-state index in [-0.39, 0.29) is 12.1 Å². The molecule has 2 unspecified atom stereocenters. The second kappa shape index (κ2) is 6.99. The summed E-state index contributed by atoms with van der Waals surface area (Å²) in [6.07, 6.45) is 3.78. The van der Waals surface area contributed by atoms with Crippen LogP contribution in [0.5, 0.6) is 0 Å². The van der Waals surface area contributed by atoms with Crippen LogP contribution in [0.3, 0.4) is 0 Å². The predicted octanol–water partition coefficient (Wildman–Crippen LogP) is 0.826. The van der Waals surface area contributed by atoms with Gasteiger partial charge < -0.3 is 14.6 Å². The van der Waals surface area contributed by atoms with E-state index in [1.54, 1.807) is 0 Å².